The van der Waals surface area contributed by atoms with Crippen LogP contribution in [0.25, 0.3) is 0 Å². The summed E-state index contributed by atoms with van der Waals surface area (Å²) in [6.45, 7) is 5.44. The average Bonchev–Trinajstić information content (AvgIpc) is 2.37. The Morgan fingerprint density at radius 1 is 1.42 bits per heavy atom. The van der Waals surface area contributed by atoms with Crippen molar-refractivity contribution in [2.75, 3.05) is 19.7 Å². The zero-order valence-corrected chi connectivity index (χ0v) is 7.75. The van der Waals surface area contributed by atoms with E-state index in [1.165, 1.54) is 25.9 Å². The predicted molar refractivity (Wildman–Crippen MR) is 46.7 cm³/mol. The molecule has 2 aliphatic rings. The van der Waals surface area contributed by atoms with Crippen LogP contribution in [-0.2, 0) is 4.74 Å². The zero-order chi connectivity index (χ0) is 8.60. The van der Waals surface area contributed by atoms with Crippen LogP contribution in [0.2, 0.25) is 0 Å². The fraction of sp³-hybridized carbons (Fsp3) is 1.00. The van der Waals surface area contributed by atoms with Gasteiger partial charge in [0.25, 0.3) is 0 Å². The second kappa shape index (κ2) is 2.98. The summed E-state index contributed by atoms with van der Waals surface area (Å²) >= 11 is 0. The van der Waals surface area contributed by atoms with Gasteiger partial charge in [0.05, 0.1) is 25.8 Å². The molecule has 12 heavy (non-hydrogen) atoms. The topological polar surface area (TPSA) is 51.9 Å². The number of nitrogens with two attached hydrogens (primary N) is 2. The molecule has 0 amide bonds. The fourth-order valence-electron chi connectivity index (χ4n) is 2.52. The van der Waals surface area contributed by atoms with Gasteiger partial charge in [-0.3, -0.25) is 0 Å². The molecule has 2 heterocycles. The van der Waals surface area contributed by atoms with Crippen LogP contribution in [0, 0.1) is 5.41 Å². The van der Waals surface area contributed by atoms with Crippen molar-refractivity contribution in [3.8, 4) is 0 Å². The normalized spacial score (nSPS) is 40.5. The van der Waals surface area contributed by atoms with E-state index in [9.17, 15) is 0 Å². The molecule has 70 valence electrons. The lowest BCUT2D eigenvalue weighted by atomic mass is 9.74. The summed E-state index contributed by atoms with van der Waals surface area (Å²) < 4.78 is 5.62. The maximum absolute atomic E-state index is 6.15. The first-order valence-electron chi connectivity index (χ1n) is 4.93. The number of piperidine rings is 1. The van der Waals surface area contributed by atoms with E-state index >= 15 is 0 Å². The van der Waals surface area contributed by atoms with E-state index in [-0.39, 0.29) is 12.1 Å². The highest BCUT2D eigenvalue weighted by molar-refractivity contribution is 4.97. The molecule has 0 radical (unpaired) electrons. The molecule has 3 nitrogen and oxygen atoms in total. The Balaban J connectivity index is 2.09. The monoisotopic (exact) mass is 171 g/mol. The van der Waals surface area contributed by atoms with E-state index in [1.54, 1.807) is 0 Å². The van der Waals surface area contributed by atoms with E-state index in [2.05, 4.69) is 12.2 Å². The summed E-state index contributed by atoms with van der Waals surface area (Å²) in [6.07, 6.45) is 2.74. The summed E-state index contributed by atoms with van der Waals surface area (Å²) in [7, 11) is 0. The van der Waals surface area contributed by atoms with Gasteiger partial charge in [0.1, 0.15) is 0 Å². The summed E-state index contributed by atoms with van der Waals surface area (Å²) in [6, 6.07) is 0.270. The number of quaternary nitrogens is 1. The maximum Gasteiger partial charge on any atom is 0.0762 e. The Hall–Kier alpha value is -0.120. The van der Waals surface area contributed by atoms with Gasteiger partial charge in [-0.1, -0.05) is 0 Å². The lowest BCUT2D eigenvalue weighted by Crippen LogP contribution is -2.87. The highest BCUT2D eigenvalue weighted by Gasteiger charge is 2.47. The Kier molecular flexibility index (Phi) is 2.10. The first kappa shape index (κ1) is 8.48. The number of ether oxygens (including phenoxy) is 1. The molecular weight excluding hydrogens is 152 g/mol. The maximum atomic E-state index is 6.15. The van der Waals surface area contributed by atoms with Crippen LogP contribution in [0.3, 0.4) is 0 Å². The van der Waals surface area contributed by atoms with Crippen molar-refractivity contribution in [1.29, 1.82) is 0 Å². The van der Waals surface area contributed by atoms with Crippen molar-refractivity contribution >= 4 is 0 Å². The molecule has 2 aliphatic heterocycles. The molecule has 0 aromatic carbocycles. The number of rotatable bonds is 0. The Morgan fingerprint density at radius 3 is 2.58 bits per heavy atom. The molecule has 0 bridgehead atoms. The van der Waals surface area contributed by atoms with Crippen molar-refractivity contribution in [2.24, 2.45) is 11.1 Å². The Morgan fingerprint density at radius 2 is 2.08 bits per heavy atom. The smallest absolute Gasteiger partial charge is 0.0762 e. The average molecular weight is 171 g/mol. The molecule has 0 saturated carbocycles. The van der Waals surface area contributed by atoms with Gasteiger partial charge in [-0.25, -0.2) is 0 Å². The SMILES string of the molecule is C[C@@H]1OCC2(CC[NH2+]CC2)[C@@H]1N. The Labute approximate surface area is 73.7 Å². The molecule has 0 unspecified atom stereocenters. The van der Waals surface area contributed by atoms with Crippen molar-refractivity contribution in [1.82, 2.24) is 0 Å². The van der Waals surface area contributed by atoms with Gasteiger partial charge < -0.3 is 15.8 Å². The molecular formula is C9H19N2O+. The molecule has 0 aromatic heterocycles. The standard InChI is InChI=1S/C9H18N2O/c1-7-8(10)9(6-12-7)2-4-11-5-3-9/h7-8,11H,2-6,10H2,1H3/p+1/t7-,8+/m0/s1. The molecule has 4 N–H and O–H groups in total. The highest BCUT2D eigenvalue weighted by atomic mass is 16.5. The summed E-state index contributed by atoms with van der Waals surface area (Å²) in [5, 5.41) is 2.38. The minimum Gasteiger partial charge on any atom is -0.376 e. The van der Waals surface area contributed by atoms with E-state index in [0.29, 0.717) is 5.41 Å². The minimum atomic E-state index is 0.267. The van der Waals surface area contributed by atoms with E-state index in [0.717, 1.165) is 6.61 Å². The Bertz CT molecular complexity index is 160. The molecule has 2 saturated heterocycles. The first-order chi connectivity index (χ1) is 5.75. The summed E-state index contributed by atoms with van der Waals surface area (Å²) in [5.41, 5.74) is 6.48. The third-order valence-electron chi connectivity index (χ3n) is 3.54. The molecule has 3 heteroatoms. The van der Waals surface area contributed by atoms with Crippen LogP contribution in [0.15, 0.2) is 0 Å². The first-order valence-corrected chi connectivity index (χ1v) is 4.93. The second-order valence-electron chi connectivity index (χ2n) is 4.27. The van der Waals surface area contributed by atoms with Gasteiger partial charge in [0, 0.05) is 24.3 Å². The zero-order valence-electron chi connectivity index (χ0n) is 7.75. The van der Waals surface area contributed by atoms with Crippen LogP contribution < -0.4 is 11.1 Å². The van der Waals surface area contributed by atoms with Crippen molar-refractivity contribution in [3.05, 3.63) is 0 Å². The van der Waals surface area contributed by atoms with Crippen molar-refractivity contribution < 1.29 is 10.1 Å². The van der Waals surface area contributed by atoms with E-state index in [4.69, 9.17) is 10.5 Å². The molecule has 2 rings (SSSR count). The molecule has 0 aromatic rings. The van der Waals surface area contributed by atoms with Gasteiger partial charge in [0.15, 0.2) is 0 Å². The van der Waals surface area contributed by atoms with E-state index < -0.39 is 0 Å². The molecule has 1 spiro atoms. The van der Waals surface area contributed by atoms with Crippen LogP contribution in [-0.4, -0.2) is 31.8 Å². The number of hydrogen-bond donors (Lipinski definition) is 2. The van der Waals surface area contributed by atoms with Crippen molar-refractivity contribution in [2.45, 2.75) is 31.9 Å². The van der Waals surface area contributed by atoms with Gasteiger partial charge in [-0.2, -0.15) is 0 Å². The quantitative estimate of drug-likeness (QED) is 0.495. The van der Waals surface area contributed by atoms with E-state index in [1.807, 2.05) is 0 Å². The largest absolute Gasteiger partial charge is 0.376 e. The summed E-state index contributed by atoms with van der Waals surface area (Å²) in [5.74, 6) is 0. The lowest BCUT2D eigenvalue weighted by Gasteiger charge is -2.34. The third-order valence-corrected chi connectivity index (χ3v) is 3.54. The van der Waals surface area contributed by atoms with Gasteiger partial charge in [-0.15, -0.1) is 0 Å². The van der Waals surface area contributed by atoms with Gasteiger partial charge >= 0.3 is 0 Å². The number of hydrogen-bond acceptors (Lipinski definition) is 2. The van der Waals surface area contributed by atoms with Crippen LogP contribution in [0.1, 0.15) is 19.8 Å². The summed E-state index contributed by atoms with van der Waals surface area (Å²) in [4.78, 5) is 0. The van der Waals surface area contributed by atoms with Gasteiger partial charge in [0.2, 0.25) is 0 Å². The highest BCUT2D eigenvalue weighted by Crippen LogP contribution is 2.38. The molecule has 0 aliphatic carbocycles. The van der Waals surface area contributed by atoms with Crippen molar-refractivity contribution in [3.63, 3.8) is 0 Å². The van der Waals surface area contributed by atoms with Gasteiger partial charge in [-0.05, 0) is 6.92 Å². The third kappa shape index (κ3) is 1.16. The van der Waals surface area contributed by atoms with Crippen LogP contribution in [0.4, 0.5) is 0 Å². The van der Waals surface area contributed by atoms with Crippen LogP contribution in [0.5, 0.6) is 0 Å². The molecule has 2 atom stereocenters. The minimum absolute atomic E-state index is 0.267. The fourth-order valence-corrected chi connectivity index (χ4v) is 2.52. The predicted octanol–water partition coefficient (Wildman–Crippen LogP) is -0.924. The molecule has 2 fully saturated rings. The second-order valence-corrected chi connectivity index (χ2v) is 4.27. The van der Waals surface area contributed by atoms with Crippen LogP contribution >= 0.6 is 0 Å². The lowest BCUT2D eigenvalue weighted by molar-refractivity contribution is -0.667.